The van der Waals surface area contributed by atoms with E-state index in [1.54, 1.807) is 0 Å². The minimum Gasteiger partial charge on any atom is -0.240 e. The van der Waals surface area contributed by atoms with Gasteiger partial charge in [-0.25, -0.2) is 4.68 Å². The van der Waals surface area contributed by atoms with Crippen molar-refractivity contribution >= 4 is 0 Å². The monoisotopic (exact) mass is 291 g/mol. The molecule has 1 rings (SSSR count). The summed E-state index contributed by atoms with van der Waals surface area (Å²) >= 11 is 0. The number of hydrogen-bond acceptors (Lipinski definition) is 2. The zero-order chi connectivity index (χ0) is 15.4. The summed E-state index contributed by atoms with van der Waals surface area (Å²) in [6.07, 6.45) is -0.410. The van der Waals surface area contributed by atoms with E-state index >= 15 is 0 Å². The first-order valence-corrected chi connectivity index (χ1v) is 7.14. The number of nitrogens with zero attached hydrogens (tertiary/aromatic N) is 3. The third kappa shape index (κ3) is 5.13. The van der Waals surface area contributed by atoms with E-state index in [1.807, 2.05) is 20.8 Å². The number of unbranched alkanes of at least 4 members (excludes halogenated alkanes) is 3. The molecule has 0 radical (unpaired) electrons. The SMILES string of the molecule is CCCCCCn1nnc(CC(C)(C)C)c1C(F)(F)F. The van der Waals surface area contributed by atoms with Gasteiger partial charge in [-0.2, -0.15) is 13.2 Å². The summed E-state index contributed by atoms with van der Waals surface area (Å²) in [7, 11) is 0. The first-order valence-electron chi connectivity index (χ1n) is 7.14. The van der Waals surface area contributed by atoms with Gasteiger partial charge in [-0.1, -0.05) is 52.2 Å². The Bertz CT molecular complexity index is 416. The molecular weight excluding hydrogens is 267 g/mol. The van der Waals surface area contributed by atoms with E-state index in [4.69, 9.17) is 0 Å². The van der Waals surface area contributed by atoms with Gasteiger partial charge < -0.3 is 0 Å². The van der Waals surface area contributed by atoms with Gasteiger partial charge in [-0.3, -0.25) is 0 Å². The van der Waals surface area contributed by atoms with E-state index in [-0.39, 0.29) is 24.1 Å². The molecule has 1 heterocycles. The topological polar surface area (TPSA) is 30.7 Å². The van der Waals surface area contributed by atoms with E-state index < -0.39 is 11.9 Å². The smallest absolute Gasteiger partial charge is 0.240 e. The lowest BCUT2D eigenvalue weighted by atomic mass is 9.90. The summed E-state index contributed by atoms with van der Waals surface area (Å²) in [6.45, 7) is 8.04. The molecular formula is C14H24F3N3. The van der Waals surface area contributed by atoms with E-state index in [0.29, 0.717) is 6.42 Å². The molecule has 116 valence electrons. The van der Waals surface area contributed by atoms with Crippen LogP contribution in [-0.4, -0.2) is 15.0 Å². The Morgan fingerprint density at radius 2 is 1.70 bits per heavy atom. The largest absolute Gasteiger partial charge is 0.434 e. The number of aromatic nitrogens is 3. The highest BCUT2D eigenvalue weighted by Gasteiger charge is 2.39. The summed E-state index contributed by atoms with van der Waals surface area (Å²) < 4.78 is 40.6. The molecule has 0 saturated carbocycles. The first-order chi connectivity index (χ1) is 9.15. The van der Waals surface area contributed by atoms with Gasteiger partial charge in [0.2, 0.25) is 0 Å². The second kappa shape index (κ2) is 6.59. The normalized spacial score (nSPS) is 12.9. The average Bonchev–Trinajstić information content (AvgIpc) is 2.64. The Morgan fingerprint density at radius 1 is 1.05 bits per heavy atom. The molecule has 0 unspecified atom stereocenters. The fraction of sp³-hybridized carbons (Fsp3) is 0.857. The highest BCUT2D eigenvalue weighted by atomic mass is 19.4. The fourth-order valence-electron chi connectivity index (χ4n) is 2.13. The van der Waals surface area contributed by atoms with Crippen molar-refractivity contribution in [2.75, 3.05) is 0 Å². The predicted molar refractivity (Wildman–Crippen MR) is 72.3 cm³/mol. The Kier molecular flexibility index (Phi) is 5.59. The third-order valence-corrected chi connectivity index (χ3v) is 2.99. The Morgan fingerprint density at radius 3 is 2.20 bits per heavy atom. The Balaban J connectivity index is 2.90. The molecule has 0 spiro atoms. The van der Waals surface area contributed by atoms with Crippen LogP contribution in [0.1, 0.15) is 64.8 Å². The molecule has 0 aliphatic heterocycles. The number of aryl methyl sites for hydroxylation is 1. The summed E-state index contributed by atoms with van der Waals surface area (Å²) in [5.74, 6) is 0. The van der Waals surface area contributed by atoms with Crippen LogP contribution in [-0.2, 0) is 19.1 Å². The maximum atomic E-state index is 13.2. The second-order valence-corrected chi connectivity index (χ2v) is 6.40. The number of hydrogen-bond donors (Lipinski definition) is 0. The van der Waals surface area contributed by atoms with Crippen molar-refractivity contribution in [3.8, 4) is 0 Å². The van der Waals surface area contributed by atoms with Crippen molar-refractivity contribution in [1.29, 1.82) is 0 Å². The highest BCUT2D eigenvalue weighted by molar-refractivity contribution is 5.15. The zero-order valence-corrected chi connectivity index (χ0v) is 12.7. The van der Waals surface area contributed by atoms with Gasteiger partial charge in [0.15, 0.2) is 5.69 Å². The molecule has 0 saturated heterocycles. The maximum Gasteiger partial charge on any atom is 0.434 e. The molecule has 0 aromatic carbocycles. The standard InChI is InChI=1S/C14H24F3N3/c1-5-6-7-8-9-20-12(14(15,16)17)11(18-19-20)10-13(2,3)4/h5-10H2,1-4H3. The van der Waals surface area contributed by atoms with Crippen LogP contribution in [0, 0.1) is 5.41 Å². The lowest BCUT2D eigenvalue weighted by Crippen LogP contribution is -2.19. The van der Waals surface area contributed by atoms with Crippen LogP contribution >= 0.6 is 0 Å². The molecule has 0 amide bonds. The van der Waals surface area contributed by atoms with Gasteiger partial charge in [0.1, 0.15) is 0 Å². The van der Waals surface area contributed by atoms with Crippen LogP contribution in [0.3, 0.4) is 0 Å². The molecule has 0 fully saturated rings. The molecule has 0 aliphatic carbocycles. The number of rotatable bonds is 6. The van der Waals surface area contributed by atoms with Crippen LogP contribution in [0.15, 0.2) is 0 Å². The van der Waals surface area contributed by atoms with Gasteiger partial charge in [0.25, 0.3) is 0 Å². The van der Waals surface area contributed by atoms with Crippen LogP contribution in [0.2, 0.25) is 0 Å². The van der Waals surface area contributed by atoms with Crippen molar-refractivity contribution in [3.63, 3.8) is 0 Å². The van der Waals surface area contributed by atoms with E-state index in [9.17, 15) is 13.2 Å². The Labute approximate surface area is 118 Å². The molecule has 0 N–H and O–H groups in total. The summed E-state index contributed by atoms with van der Waals surface area (Å²) in [6, 6.07) is 0. The first kappa shape index (κ1) is 17.0. The van der Waals surface area contributed by atoms with Gasteiger partial charge in [-0.15, -0.1) is 5.10 Å². The number of halogens is 3. The van der Waals surface area contributed by atoms with Crippen LogP contribution in [0.5, 0.6) is 0 Å². The lowest BCUT2D eigenvalue weighted by molar-refractivity contribution is -0.145. The van der Waals surface area contributed by atoms with E-state index in [1.165, 1.54) is 0 Å². The fourth-order valence-corrected chi connectivity index (χ4v) is 2.13. The molecule has 0 aliphatic rings. The van der Waals surface area contributed by atoms with E-state index in [2.05, 4.69) is 17.2 Å². The molecule has 0 bridgehead atoms. The lowest BCUT2D eigenvalue weighted by Gasteiger charge is -2.18. The van der Waals surface area contributed by atoms with E-state index in [0.717, 1.165) is 23.9 Å². The summed E-state index contributed by atoms with van der Waals surface area (Å²) in [5.41, 5.74) is -0.868. The van der Waals surface area contributed by atoms with Gasteiger partial charge >= 0.3 is 6.18 Å². The number of alkyl halides is 3. The van der Waals surface area contributed by atoms with Crippen LogP contribution < -0.4 is 0 Å². The van der Waals surface area contributed by atoms with Gasteiger partial charge in [0, 0.05) is 6.54 Å². The molecule has 1 aromatic rings. The van der Waals surface area contributed by atoms with Crippen molar-refractivity contribution in [3.05, 3.63) is 11.4 Å². The molecule has 6 heteroatoms. The van der Waals surface area contributed by atoms with Gasteiger partial charge in [0.05, 0.1) is 5.69 Å². The van der Waals surface area contributed by atoms with Crippen LogP contribution in [0.4, 0.5) is 13.2 Å². The molecule has 3 nitrogen and oxygen atoms in total. The van der Waals surface area contributed by atoms with Crippen molar-refractivity contribution in [2.45, 2.75) is 72.5 Å². The van der Waals surface area contributed by atoms with Gasteiger partial charge in [-0.05, 0) is 18.3 Å². The molecule has 1 aromatic heterocycles. The van der Waals surface area contributed by atoms with Crippen LogP contribution in [0.25, 0.3) is 0 Å². The third-order valence-electron chi connectivity index (χ3n) is 2.99. The maximum absolute atomic E-state index is 13.2. The summed E-state index contributed by atoms with van der Waals surface area (Å²) in [4.78, 5) is 0. The average molecular weight is 291 g/mol. The molecule has 20 heavy (non-hydrogen) atoms. The van der Waals surface area contributed by atoms with Crippen molar-refractivity contribution in [2.24, 2.45) is 5.41 Å². The quantitative estimate of drug-likeness (QED) is 0.724. The Hall–Kier alpha value is -1.07. The van der Waals surface area contributed by atoms with Crippen molar-refractivity contribution < 1.29 is 13.2 Å². The minimum atomic E-state index is -4.39. The second-order valence-electron chi connectivity index (χ2n) is 6.40. The highest BCUT2D eigenvalue weighted by Crippen LogP contribution is 2.33. The predicted octanol–water partition coefficient (Wildman–Crippen LogP) is 4.47. The summed E-state index contributed by atoms with van der Waals surface area (Å²) in [5, 5.41) is 7.47. The zero-order valence-electron chi connectivity index (χ0n) is 12.7. The molecule has 0 atom stereocenters. The van der Waals surface area contributed by atoms with Crippen molar-refractivity contribution in [1.82, 2.24) is 15.0 Å². The minimum absolute atomic E-state index is 0.0560.